The number of para-hydroxylation sites is 1. The number of rotatable bonds is 1. The van der Waals surface area contributed by atoms with Crippen molar-refractivity contribution in [2.45, 2.75) is 0 Å². The van der Waals surface area contributed by atoms with Crippen LogP contribution in [0.15, 0.2) is 42.6 Å². The number of dihydropyridines is 1. The van der Waals surface area contributed by atoms with E-state index >= 15 is 0 Å². The first-order valence-corrected chi connectivity index (χ1v) is 5.71. The van der Waals surface area contributed by atoms with E-state index in [4.69, 9.17) is 0 Å². The average molecular weight is 214 g/mol. The summed E-state index contributed by atoms with van der Waals surface area (Å²) in [6.07, 6.45) is 6.21. The molecule has 0 saturated heterocycles. The van der Waals surface area contributed by atoms with E-state index in [1.54, 1.807) is 11.3 Å². The third-order valence-electron chi connectivity index (χ3n) is 2.36. The van der Waals surface area contributed by atoms with Gasteiger partial charge in [-0.1, -0.05) is 18.2 Å². The van der Waals surface area contributed by atoms with E-state index in [1.165, 1.54) is 10.3 Å². The number of allylic oxidation sites excluding steroid dienone is 2. The van der Waals surface area contributed by atoms with Gasteiger partial charge in [-0.25, -0.2) is 4.98 Å². The first-order valence-electron chi connectivity index (χ1n) is 4.89. The Labute approximate surface area is 92.0 Å². The molecule has 0 fully saturated rings. The van der Waals surface area contributed by atoms with Crippen molar-refractivity contribution in [3.05, 3.63) is 47.6 Å². The summed E-state index contributed by atoms with van der Waals surface area (Å²) in [6, 6.07) is 8.25. The second kappa shape index (κ2) is 3.51. The van der Waals surface area contributed by atoms with Crippen LogP contribution in [-0.4, -0.2) is 11.5 Å². The Morgan fingerprint density at radius 2 is 2.20 bits per heavy atom. The zero-order chi connectivity index (χ0) is 10.1. The molecule has 0 saturated carbocycles. The van der Waals surface area contributed by atoms with Crippen LogP contribution in [0, 0.1) is 0 Å². The molecule has 3 heteroatoms. The zero-order valence-corrected chi connectivity index (χ0v) is 8.92. The SMILES string of the molecule is C1=CC(c2nc3ccccc3s2)=CCN1. The quantitative estimate of drug-likeness (QED) is 0.789. The fraction of sp³-hybridized carbons (Fsp3) is 0.0833. The number of fused-ring (bicyclic) bond motifs is 1. The van der Waals surface area contributed by atoms with Crippen LogP contribution in [0.3, 0.4) is 0 Å². The zero-order valence-electron chi connectivity index (χ0n) is 8.10. The summed E-state index contributed by atoms with van der Waals surface area (Å²) in [4.78, 5) is 4.61. The molecular formula is C12H10N2S. The molecule has 0 unspecified atom stereocenters. The van der Waals surface area contributed by atoms with Gasteiger partial charge in [0, 0.05) is 12.1 Å². The summed E-state index contributed by atoms with van der Waals surface area (Å²) < 4.78 is 1.25. The maximum atomic E-state index is 4.61. The van der Waals surface area contributed by atoms with Crippen LogP contribution in [0.2, 0.25) is 0 Å². The number of nitrogens with one attached hydrogen (secondary N) is 1. The first-order chi connectivity index (χ1) is 7.43. The molecule has 15 heavy (non-hydrogen) atoms. The molecule has 0 atom stereocenters. The lowest BCUT2D eigenvalue weighted by Gasteiger charge is -2.04. The smallest absolute Gasteiger partial charge is 0.124 e. The van der Waals surface area contributed by atoms with Gasteiger partial charge in [0.25, 0.3) is 0 Å². The van der Waals surface area contributed by atoms with Crippen LogP contribution in [0.25, 0.3) is 15.8 Å². The van der Waals surface area contributed by atoms with Crippen LogP contribution < -0.4 is 5.32 Å². The fourth-order valence-corrected chi connectivity index (χ4v) is 2.59. The Hall–Kier alpha value is -1.61. The number of nitrogens with zero attached hydrogens (tertiary/aromatic N) is 1. The molecule has 3 rings (SSSR count). The molecule has 2 nitrogen and oxygen atoms in total. The summed E-state index contributed by atoms with van der Waals surface area (Å²) in [5, 5.41) is 4.24. The second-order valence-electron chi connectivity index (χ2n) is 3.39. The van der Waals surface area contributed by atoms with Crippen molar-refractivity contribution < 1.29 is 0 Å². The highest BCUT2D eigenvalue weighted by Crippen LogP contribution is 2.27. The predicted molar refractivity (Wildman–Crippen MR) is 64.7 cm³/mol. The molecule has 1 N–H and O–H groups in total. The molecule has 0 spiro atoms. The van der Waals surface area contributed by atoms with E-state index in [-0.39, 0.29) is 0 Å². The van der Waals surface area contributed by atoms with Crippen molar-refractivity contribution in [2.24, 2.45) is 0 Å². The standard InChI is InChI=1S/C12H10N2S/c1-2-4-11-10(3-1)14-12(15-11)9-5-7-13-8-6-9/h1-7,13H,8H2. The molecule has 2 heterocycles. The molecule has 1 aliphatic heterocycles. The average Bonchev–Trinajstić information content (AvgIpc) is 2.74. The summed E-state index contributed by atoms with van der Waals surface area (Å²) in [5.74, 6) is 0. The largest absolute Gasteiger partial charge is 0.387 e. The van der Waals surface area contributed by atoms with Crippen molar-refractivity contribution in [2.75, 3.05) is 6.54 Å². The topological polar surface area (TPSA) is 24.9 Å². The van der Waals surface area contributed by atoms with E-state index in [0.29, 0.717) is 0 Å². The van der Waals surface area contributed by atoms with Gasteiger partial charge in [0.05, 0.1) is 10.2 Å². The molecule has 0 aliphatic carbocycles. The number of hydrogen-bond donors (Lipinski definition) is 1. The molecule has 1 aliphatic rings. The molecule has 0 radical (unpaired) electrons. The minimum Gasteiger partial charge on any atom is -0.387 e. The van der Waals surface area contributed by atoms with E-state index < -0.39 is 0 Å². The Kier molecular flexibility index (Phi) is 2.03. The van der Waals surface area contributed by atoms with Crippen molar-refractivity contribution in [1.29, 1.82) is 0 Å². The van der Waals surface area contributed by atoms with Crippen molar-refractivity contribution >= 4 is 27.1 Å². The normalized spacial score (nSPS) is 15.1. The van der Waals surface area contributed by atoms with E-state index in [9.17, 15) is 0 Å². The van der Waals surface area contributed by atoms with Gasteiger partial charge in [0.2, 0.25) is 0 Å². The van der Waals surface area contributed by atoms with Gasteiger partial charge in [-0.15, -0.1) is 11.3 Å². The predicted octanol–water partition coefficient (Wildman–Crippen LogP) is 2.80. The van der Waals surface area contributed by atoms with Crippen LogP contribution >= 0.6 is 11.3 Å². The monoisotopic (exact) mass is 214 g/mol. The highest BCUT2D eigenvalue weighted by atomic mass is 32.1. The minimum atomic E-state index is 0.891. The Bertz CT molecular complexity index is 519. The Balaban J connectivity index is 2.11. The number of hydrogen-bond acceptors (Lipinski definition) is 3. The number of aromatic nitrogens is 1. The molecular weight excluding hydrogens is 204 g/mol. The van der Waals surface area contributed by atoms with Gasteiger partial charge in [-0.05, 0) is 24.4 Å². The summed E-state index contributed by atoms with van der Waals surface area (Å²) in [7, 11) is 0. The maximum absolute atomic E-state index is 4.61. The van der Waals surface area contributed by atoms with Crippen LogP contribution in [0.1, 0.15) is 5.01 Å². The molecule has 0 bridgehead atoms. The summed E-state index contributed by atoms with van der Waals surface area (Å²) >= 11 is 1.75. The maximum Gasteiger partial charge on any atom is 0.124 e. The van der Waals surface area contributed by atoms with Gasteiger partial charge in [-0.2, -0.15) is 0 Å². The first kappa shape index (κ1) is 8.68. The molecule has 1 aromatic carbocycles. The molecule has 2 aromatic rings. The van der Waals surface area contributed by atoms with Crippen molar-refractivity contribution in [3.63, 3.8) is 0 Å². The molecule has 74 valence electrons. The second-order valence-corrected chi connectivity index (χ2v) is 4.42. The van der Waals surface area contributed by atoms with Gasteiger partial charge in [-0.3, -0.25) is 0 Å². The van der Waals surface area contributed by atoms with E-state index in [2.05, 4.69) is 40.7 Å². The van der Waals surface area contributed by atoms with Gasteiger partial charge >= 0.3 is 0 Å². The highest BCUT2D eigenvalue weighted by Gasteiger charge is 2.07. The van der Waals surface area contributed by atoms with E-state index in [1.807, 2.05) is 12.3 Å². The van der Waals surface area contributed by atoms with E-state index in [0.717, 1.165) is 17.1 Å². The third-order valence-corrected chi connectivity index (χ3v) is 3.45. The lowest BCUT2D eigenvalue weighted by atomic mass is 10.2. The highest BCUT2D eigenvalue weighted by molar-refractivity contribution is 7.19. The van der Waals surface area contributed by atoms with Gasteiger partial charge in [0.1, 0.15) is 5.01 Å². The van der Waals surface area contributed by atoms with Crippen LogP contribution in [-0.2, 0) is 0 Å². The molecule has 1 aromatic heterocycles. The Morgan fingerprint density at radius 3 is 3.00 bits per heavy atom. The number of benzene rings is 1. The summed E-state index contributed by atoms with van der Waals surface area (Å²) in [6.45, 7) is 0.891. The minimum absolute atomic E-state index is 0.891. The lowest BCUT2D eigenvalue weighted by molar-refractivity contribution is 0.975. The molecule has 0 amide bonds. The summed E-state index contributed by atoms with van der Waals surface area (Å²) in [5.41, 5.74) is 2.31. The fourth-order valence-electron chi connectivity index (χ4n) is 1.61. The van der Waals surface area contributed by atoms with Crippen molar-refractivity contribution in [3.8, 4) is 0 Å². The lowest BCUT2D eigenvalue weighted by Crippen LogP contribution is -2.07. The van der Waals surface area contributed by atoms with Gasteiger partial charge < -0.3 is 5.32 Å². The Morgan fingerprint density at radius 1 is 1.27 bits per heavy atom. The van der Waals surface area contributed by atoms with Crippen LogP contribution in [0.5, 0.6) is 0 Å². The van der Waals surface area contributed by atoms with Crippen LogP contribution in [0.4, 0.5) is 0 Å². The third kappa shape index (κ3) is 1.55. The van der Waals surface area contributed by atoms with Crippen molar-refractivity contribution in [1.82, 2.24) is 10.3 Å². The van der Waals surface area contributed by atoms with Gasteiger partial charge in [0.15, 0.2) is 0 Å². The number of thiazole rings is 1.